The molecular weight excluding hydrogens is 510 g/mol. The number of carbonyl (C=O) groups excluding carboxylic acids is 2. The lowest BCUT2D eigenvalue weighted by Crippen LogP contribution is -2.44. The number of nitrogens with zero attached hydrogens (tertiary/aromatic N) is 2. The van der Waals surface area contributed by atoms with Crippen molar-refractivity contribution in [2.75, 3.05) is 24.9 Å². The highest BCUT2D eigenvalue weighted by atomic mass is 35.5. The summed E-state index contributed by atoms with van der Waals surface area (Å²) >= 11 is 7.79. The first kappa shape index (κ1) is 25.0. The summed E-state index contributed by atoms with van der Waals surface area (Å²) in [7, 11) is 5.08. The Morgan fingerprint density at radius 3 is 2.57 bits per heavy atom. The molecule has 0 bridgehead atoms. The second-order valence-corrected chi connectivity index (χ2v) is 10.00. The molecule has 37 heavy (non-hydrogen) atoms. The molecular formula is C28H26ClN3O4S. The van der Waals surface area contributed by atoms with E-state index in [1.165, 1.54) is 23.8 Å². The van der Waals surface area contributed by atoms with Crippen molar-refractivity contribution in [3.63, 3.8) is 0 Å². The first-order chi connectivity index (χ1) is 17.9. The van der Waals surface area contributed by atoms with Crippen LogP contribution in [-0.4, -0.2) is 36.4 Å². The monoisotopic (exact) mass is 535 g/mol. The van der Waals surface area contributed by atoms with Crippen molar-refractivity contribution in [3.05, 3.63) is 82.9 Å². The normalized spacial score (nSPS) is 15.3. The zero-order valence-electron chi connectivity index (χ0n) is 20.7. The number of anilines is 1. The lowest BCUT2D eigenvalue weighted by molar-refractivity contribution is -0.125. The van der Waals surface area contributed by atoms with E-state index in [4.69, 9.17) is 21.1 Å². The second-order valence-electron chi connectivity index (χ2n) is 8.60. The summed E-state index contributed by atoms with van der Waals surface area (Å²) < 4.78 is 13.1. The van der Waals surface area contributed by atoms with Gasteiger partial charge in [0.25, 0.3) is 0 Å². The van der Waals surface area contributed by atoms with Gasteiger partial charge < -0.3 is 19.4 Å². The highest BCUT2D eigenvalue weighted by Crippen LogP contribution is 2.45. The maximum atomic E-state index is 14.1. The topological polar surface area (TPSA) is 72.8 Å². The van der Waals surface area contributed by atoms with Crippen molar-refractivity contribution >= 4 is 51.8 Å². The van der Waals surface area contributed by atoms with Crippen LogP contribution in [0.25, 0.3) is 10.9 Å². The van der Waals surface area contributed by atoms with E-state index in [0.717, 1.165) is 27.1 Å². The maximum absolute atomic E-state index is 14.1. The number of aryl methyl sites for hydroxylation is 1. The molecule has 2 heterocycles. The van der Waals surface area contributed by atoms with Gasteiger partial charge in [-0.3, -0.25) is 14.5 Å². The quantitative estimate of drug-likeness (QED) is 0.360. The van der Waals surface area contributed by atoms with Gasteiger partial charge in [-0.1, -0.05) is 59.8 Å². The molecule has 7 nitrogen and oxygen atoms in total. The Morgan fingerprint density at radius 2 is 1.78 bits per heavy atom. The number of hydrogen-bond acceptors (Lipinski definition) is 5. The molecule has 9 heteroatoms. The fourth-order valence-corrected chi connectivity index (χ4v) is 6.05. The van der Waals surface area contributed by atoms with E-state index in [2.05, 4.69) is 5.32 Å². The molecule has 1 aliphatic rings. The number of hydrogen-bond donors (Lipinski definition) is 1. The Balaban J connectivity index is 1.68. The van der Waals surface area contributed by atoms with Crippen LogP contribution in [0.4, 0.5) is 5.69 Å². The number of amides is 2. The lowest BCUT2D eigenvalue weighted by atomic mass is 10.0. The molecule has 2 amide bonds. The van der Waals surface area contributed by atoms with Crippen LogP contribution < -0.4 is 19.7 Å². The SMILES string of the molecule is COc1ccccc1CNC(=O)[C@@H]1c2c(n(C)c3ccccc23)SCC(=O)N1c1cc(Cl)ccc1OC. The van der Waals surface area contributed by atoms with Crippen LogP contribution in [0.5, 0.6) is 11.5 Å². The molecule has 1 aliphatic heterocycles. The van der Waals surface area contributed by atoms with Gasteiger partial charge in [0.15, 0.2) is 0 Å². The fraction of sp³-hybridized carbons (Fsp3) is 0.214. The molecule has 0 saturated heterocycles. The highest BCUT2D eigenvalue weighted by molar-refractivity contribution is 8.00. The van der Waals surface area contributed by atoms with E-state index in [9.17, 15) is 9.59 Å². The first-order valence-electron chi connectivity index (χ1n) is 11.7. The zero-order valence-corrected chi connectivity index (χ0v) is 22.2. The summed E-state index contributed by atoms with van der Waals surface area (Å²) in [5.74, 6) is 0.747. The van der Waals surface area contributed by atoms with Crippen molar-refractivity contribution in [2.45, 2.75) is 17.6 Å². The van der Waals surface area contributed by atoms with Crippen LogP contribution in [0.15, 0.2) is 71.8 Å². The van der Waals surface area contributed by atoms with Crippen LogP contribution in [0.2, 0.25) is 5.02 Å². The van der Waals surface area contributed by atoms with E-state index in [1.807, 2.05) is 60.1 Å². The highest BCUT2D eigenvalue weighted by Gasteiger charge is 2.40. The van der Waals surface area contributed by atoms with Crippen molar-refractivity contribution in [1.82, 2.24) is 9.88 Å². The molecule has 0 fully saturated rings. The third kappa shape index (κ3) is 4.51. The summed E-state index contributed by atoms with van der Waals surface area (Å²) in [6.45, 7) is 0.237. The fourth-order valence-electron chi connectivity index (χ4n) is 4.81. The van der Waals surface area contributed by atoms with Crippen LogP contribution in [0.1, 0.15) is 17.2 Å². The Morgan fingerprint density at radius 1 is 1.05 bits per heavy atom. The van der Waals surface area contributed by atoms with Crippen LogP contribution in [0, 0.1) is 0 Å². The molecule has 5 rings (SSSR count). The molecule has 4 aromatic rings. The minimum absolute atomic E-state index is 0.156. The van der Waals surface area contributed by atoms with Gasteiger partial charge in [-0.25, -0.2) is 0 Å². The molecule has 190 valence electrons. The molecule has 1 atom stereocenters. The van der Waals surface area contributed by atoms with Gasteiger partial charge in [-0.2, -0.15) is 0 Å². The number of methoxy groups -OCH3 is 2. The number of thioether (sulfide) groups is 1. The van der Waals surface area contributed by atoms with Crippen molar-refractivity contribution in [1.29, 1.82) is 0 Å². The van der Waals surface area contributed by atoms with Crippen LogP contribution in [-0.2, 0) is 23.2 Å². The van der Waals surface area contributed by atoms with Crippen LogP contribution in [0.3, 0.4) is 0 Å². The number of carbonyl (C=O) groups is 2. The lowest BCUT2D eigenvalue weighted by Gasteiger charge is -2.31. The van der Waals surface area contributed by atoms with E-state index < -0.39 is 6.04 Å². The summed E-state index contributed by atoms with van der Waals surface area (Å²) in [5, 5.41) is 5.27. The number of fused-ring (bicyclic) bond motifs is 3. The van der Waals surface area contributed by atoms with Gasteiger partial charge in [0.05, 0.1) is 30.7 Å². The minimum atomic E-state index is -0.953. The smallest absolute Gasteiger partial charge is 0.248 e. The van der Waals surface area contributed by atoms with E-state index >= 15 is 0 Å². The van der Waals surface area contributed by atoms with Crippen molar-refractivity contribution in [3.8, 4) is 11.5 Å². The largest absolute Gasteiger partial charge is 0.496 e. The van der Waals surface area contributed by atoms with Gasteiger partial charge in [0, 0.05) is 40.6 Å². The molecule has 1 aromatic heterocycles. The number of aromatic nitrogens is 1. The Bertz CT molecular complexity index is 1500. The van der Waals surface area contributed by atoms with E-state index in [-0.39, 0.29) is 24.1 Å². The standard InChI is InChI=1S/C28H26ClN3O4S/c1-31-20-10-6-5-9-19(20)25-26(27(34)30-15-17-8-4-7-11-22(17)35-2)32(24(33)16-37-28(25)31)21-14-18(29)12-13-23(21)36-3/h4-14,26H,15-16H2,1-3H3,(H,30,34)/t26-/m0/s1. The first-order valence-corrected chi connectivity index (χ1v) is 13.1. The number of halogens is 1. The van der Waals surface area contributed by atoms with Crippen molar-refractivity contribution < 1.29 is 19.1 Å². The number of rotatable bonds is 6. The molecule has 0 spiro atoms. The Hall–Kier alpha value is -3.62. The van der Waals surface area contributed by atoms with E-state index in [1.54, 1.807) is 25.3 Å². The third-order valence-electron chi connectivity index (χ3n) is 6.52. The molecule has 1 N–H and O–H groups in total. The molecule has 3 aromatic carbocycles. The average molecular weight is 536 g/mol. The predicted molar refractivity (Wildman–Crippen MR) is 147 cm³/mol. The van der Waals surface area contributed by atoms with E-state index in [0.29, 0.717) is 22.2 Å². The predicted octanol–water partition coefficient (Wildman–Crippen LogP) is 5.35. The summed E-state index contributed by atoms with van der Waals surface area (Å²) in [4.78, 5) is 29.3. The van der Waals surface area contributed by atoms with Gasteiger partial charge >= 0.3 is 0 Å². The zero-order chi connectivity index (χ0) is 26.1. The number of ether oxygens (including phenoxy) is 2. The summed E-state index contributed by atoms with van der Waals surface area (Å²) in [6, 6.07) is 19.5. The number of para-hydroxylation sites is 2. The third-order valence-corrected chi connectivity index (χ3v) is 7.91. The molecule has 0 radical (unpaired) electrons. The Kier molecular flexibility index (Phi) is 7.04. The molecule has 0 saturated carbocycles. The second kappa shape index (κ2) is 10.4. The average Bonchev–Trinajstić information content (AvgIpc) is 3.09. The number of nitrogens with one attached hydrogen (secondary N) is 1. The Labute approximate surface area is 224 Å². The van der Waals surface area contributed by atoms with Gasteiger partial charge in [0.2, 0.25) is 11.8 Å². The van der Waals surface area contributed by atoms with Gasteiger partial charge in [-0.05, 0) is 30.3 Å². The summed E-state index contributed by atoms with van der Waals surface area (Å²) in [5.41, 5.74) is 3.03. The van der Waals surface area contributed by atoms with Crippen molar-refractivity contribution in [2.24, 2.45) is 7.05 Å². The molecule has 0 aliphatic carbocycles. The summed E-state index contributed by atoms with van der Waals surface area (Å²) in [6.07, 6.45) is 0. The van der Waals surface area contributed by atoms with Gasteiger partial charge in [-0.15, -0.1) is 0 Å². The maximum Gasteiger partial charge on any atom is 0.248 e. The number of benzene rings is 3. The van der Waals surface area contributed by atoms with Gasteiger partial charge in [0.1, 0.15) is 17.5 Å². The molecule has 0 unspecified atom stereocenters. The van der Waals surface area contributed by atoms with Crippen LogP contribution >= 0.6 is 23.4 Å². The minimum Gasteiger partial charge on any atom is -0.496 e.